The number of rotatable bonds is 6. The van der Waals surface area contributed by atoms with E-state index in [4.69, 9.17) is 28.0 Å². The van der Waals surface area contributed by atoms with Gasteiger partial charge in [0.1, 0.15) is 0 Å². The highest BCUT2D eigenvalue weighted by Gasteiger charge is 2.22. The van der Waals surface area contributed by atoms with Crippen molar-refractivity contribution >= 4 is 41.1 Å². The molecule has 0 saturated heterocycles. The summed E-state index contributed by atoms with van der Waals surface area (Å²) in [4.78, 5) is 11.7. The zero-order valence-electron chi connectivity index (χ0n) is 16.3. The highest BCUT2D eigenvalue weighted by molar-refractivity contribution is 6.12. The smallest absolute Gasteiger partial charge is 0.250 e. The van der Waals surface area contributed by atoms with E-state index in [-0.39, 0.29) is 12.1 Å². The maximum absolute atomic E-state index is 11.7. The first-order valence-electron chi connectivity index (χ1n) is 9.52. The van der Waals surface area contributed by atoms with Crippen molar-refractivity contribution < 1.29 is 4.79 Å². The van der Waals surface area contributed by atoms with E-state index in [0.717, 1.165) is 36.6 Å². The predicted molar refractivity (Wildman–Crippen MR) is 121 cm³/mol. The second kappa shape index (κ2) is 10.8. The summed E-state index contributed by atoms with van der Waals surface area (Å²) in [7, 11) is 0. The Hall–Kier alpha value is -3.39. The van der Waals surface area contributed by atoms with Gasteiger partial charge >= 0.3 is 0 Å². The second-order valence-corrected chi connectivity index (χ2v) is 6.91. The van der Waals surface area contributed by atoms with E-state index in [1.807, 2.05) is 36.4 Å². The standard InChI is InChI=1S/C19H25N5O.C2H4N2/c20-12-4-3-5-13(10-12)24-18-11-14(8-9-15(18)19(22)25)23-17-7-2-1-6-16(17)21;3-1-2-4/h3-5,8-11,16-17,23-24H,1-2,6-7,20-21H2,(H2,22,25);1-4H/t16-,17+;/m0./s1. The molecule has 0 unspecified atom stereocenters. The number of primary amides is 1. The fourth-order valence-corrected chi connectivity index (χ4v) is 3.28. The molecule has 1 amide bonds. The molecule has 1 fully saturated rings. The SMILES string of the molecule is N=CC=N.NC(=O)c1ccc(N[C@@H]2CCCC[C@@H]2N)cc1Nc1cccc(N)c1. The number of hydrogen-bond donors (Lipinski definition) is 7. The van der Waals surface area contributed by atoms with Gasteiger partial charge in [-0.2, -0.15) is 0 Å². The lowest BCUT2D eigenvalue weighted by atomic mass is 9.91. The van der Waals surface area contributed by atoms with Crippen molar-refractivity contribution in [3.8, 4) is 0 Å². The largest absolute Gasteiger partial charge is 0.399 e. The first-order chi connectivity index (χ1) is 13.9. The molecule has 10 N–H and O–H groups in total. The van der Waals surface area contributed by atoms with Crippen LogP contribution < -0.4 is 27.8 Å². The minimum atomic E-state index is -0.479. The Morgan fingerprint density at radius 2 is 1.76 bits per heavy atom. The quantitative estimate of drug-likeness (QED) is 0.294. The minimum Gasteiger partial charge on any atom is -0.399 e. The molecule has 0 heterocycles. The topological polar surface area (TPSA) is 167 Å². The average Bonchev–Trinajstić information content (AvgIpc) is 2.70. The fourth-order valence-electron chi connectivity index (χ4n) is 3.28. The van der Waals surface area contributed by atoms with Crippen molar-refractivity contribution in [3.63, 3.8) is 0 Å². The Labute approximate surface area is 170 Å². The van der Waals surface area contributed by atoms with Crippen molar-refractivity contribution in [1.82, 2.24) is 0 Å². The zero-order chi connectivity index (χ0) is 21.2. The number of nitrogen functional groups attached to an aromatic ring is 1. The molecular formula is C21H29N7O. The predicted octanol–water partition coefficient (Wildman–Crippen LogP) is 3.08. The molecule has 0 radical (unpaired) electrons. The highest BCUT2D eigenvalue weighted by Crippen LogP contribution is 2.28. The van der Waals surface area contributed by atoms with Crippen LogP contribution in [0, 0.1) is 10.8 Å². The number of nitrogens with one attached hydrogen (secondary N) is 4. The average molecular weight is 396 g/mol. The number of hydrogen-bond acceptors (Lipinski definition) is 7. The molecule has 154 valence electrons. The van der Waals surface area contributed by atoms with Crippen molar-refractivity contribution in [3.05, 3.63) is 48.0 Å². The van der Waals surface area contributed by atoms with Gasteiger partial charge in [-0.3, -0.25) is 4.79 Å². The van der Waals surface area contributed by atoms with Gasteiger partial charge in [0.05, 0.1) is 11.3 Å². The lowest BCUT2D eigenvalue weighted by molar-refractivity contribution is 0.100. The molecule has 8 heteroatoms. The van der Waals surface area contributed by atoms with E-state index in [1.165, 1.54) is 12.8 Å². The zero-order valence-corrected chi connectivity index (χ0v) is 16.3. The molecule has 1 saturated carbocycles. The lowest BCUT2D eigenvalue weighted by Gasteiger charge is -2.30. The summed E-state index contributed by atoms with van der Waals surface area (Å²) < 4.78 is 0. The van der Waals surface area contributed by atoms with Crippen LogP contribution in [0.1, 0.15) is 36.0 Å². The monoisotopic (exact) mass is 395 g/mol. The molecule has 0 bridgehead atoms. The van der Waals surface area contributed by atoms with E-state index < -0.39 is 5.91 Å². The van der Waals surface area contributed by atoms with Crippen molar-refractivity contribution in [2.75, 3.05) is 16.4 Å². The van der Waals surface area contributed by atoms with Crippen LogP contribution in [0.25, 0.3) is 0 Å². The lowest BCUT2D eigenvalue weighted by Crippen LogP contribution is -2.42. The molecule has 29 heavy (non-hydrogen) atoms. The third kappa shape index (κ3) is 6.62. The van der Waals surface area contributed by atoms with Gasteiger partial charge in [0, 0.05) is 41.6 Å². The van der Waals surface area contributed by atoms with E-state index in [9.17, 15) is 4.79 Å². The van der Waals surface area contributed by atoms with E-state index in [1.54, 1.807) is 6.07 Å². The number of nitrogens with two attached hydrogens (primary N) is 3. The summed E-state index contributed by atoms with van der Waals surface area (Å²) in [5.74, 6) is -0.479. The highest BCUT2D eigenvalue weighted by atomic mass is 16.1. The van der Waals surface area contributed by atoms with E-state index in [0.29, 0.717) is 16.9 Å². The summed E-state index contributed by atoms with van der Waals surface area (Å²) in [5, 5.41) is 18.9. The van der Waals surface area contributed by atoms with Crippen LogP contribution in [0.2, 0.25) is 0 Å². The van der Waals surface area contributed by atoms with Gasteiger partial charge in [0.15, 0.2) is 0 Å². The van der Waals surface area contributed by atoms with Gasteiger partial charge in [-0.1, -0.05) is 18.9 Å². The molecule has 0 aliphatic heterocycles. The van der Waals surface area contributed by atoms with Crippen LogP contribution in [-0.2, 0) is 0 Å². The molecule has 2 aromatic carbocycles. The van der Waals surface area contributed by atoms with Crippen LogP contribution in [0.4, 0.5) is 22.7 Å². The Morgan fingerprint density at radius 1 is 1.03 bits per heavy atom. The van der Waals surface area contributed by atoms with E-state index in [2.05, 4.69) is 10.6 Å². The van der Waals surface area contributed by atoms with Gasteiger partial charge in [-0.25, -0.2) is 0 Å². The molecule has 2 aromatic rings. The number of carbonyl (C=O) groups excluding carboxylic acids is 1. The summed E-state index contributed by atoms with van der Waals surface area (Å²) in [6, 6.07) is 13.2. The molecule has 8 nitrogen and oxygen atoms in total. The molecule has 1 aliphatic carbocycles. The number of anilines is 4. The first-order valence-corrected chi connectivity index (χ1v) is 9.52. The van der Waals surface area contributed by atoms with Crippen LogP contribution in [-0.4, -0.2) is 30.4 Å². The number of amides is 1. The number of carbonyl (C=O) groups is 1. The van der Waals surface area contributed by atoms with Crippen LogP contribution in [0.3, 0.4) is 0 Å². The second-order valence-electron chi connectivity index (χ2n) is 6.91. The Balaban J connectivity index is 0.000000687. The van der Waals surface area contributed by atoms with Gasteiger partial charge in [0.25, 0.3) is 5.91 Å². The number of benzene rings is 2. The Bertz CT molecular complexity index is 847. The van der Waals surface area contributed by atoms with Gasteiger partial charge in [0.2, 0.25) is 0 Å². The summed E-state index contributed by atoms with van der Waals surface area (Å²) >= 11 is 0. The van der Waals surface area contributed by atoms with Crippen molar-refractivity contribution in [1.29, 1.82) is 10.8 Å². The maximum atomic E-state index is 11.7. The van der Waals surface area contributed by atoms with Crippen molar-refractivity contribution in [2.45, 2.75) is 37.8 Å². The van der Waals surface area contributed by atoms with E-state index >= 15 is 0 Å². The molecule has 2 atom stereocenters. The summed E-state index contributed by atoms with van der Waals surface area (Å²) in [6.45, 7) is 0. The first kappa shape index (κ1) is 21.9. The fraction of sp³-hybridized carbons (Fsp3) is 0.286. The van der Waals surface area contributed by atoms with Gasteiger partial charge < -0.3 is 38.7 Å². The summed E-state index contributed by atoms with van der Waals surface area (Å²) in [5.41, 5.74) is 21.0. The maximum Gasteiger partial charge on any atom is 0.250 e. The van der Waals surface area contributed by atoms with Gasteiger partial charge in [-0.05, 0) is 49.2 Å². The molecule has 3 rings (SSSR count). The normalized spacial score (nSPS) is 18.0. The molecular weight excluding hydrogens is 366 g/mol. The Kier molecular flexibility index (Phi) is 8.17. The minimum absolute atomic E-state index is 0.148. The van der Waals surface area contributed by atoms with Crippen LogP contribution >= 0.6 is 0 Å². The molecule has 0 aromatic heterocycles. The third-order valence-electron chi connectivity index (χ3n) is 4.71. The van der Waals surface area contributed by atoms with Crippen molar-refractivity contribution in [2.24, 2.45) is 11.5 Å². The Morgan fingerprint density at radius 3 is 2.38 bits per heavy atom. The summed E-state index contributed by atoms with van der Waals surface area (Å²) in [6.07, 6.45) is 6.28. The third-order valence-corrected chi connectivity index (χ3v) is 4.71. The molecule has 0 spiro atoms. The van der Waals surface area contributed by atoms with Crippen LogP contribution in [0.15, 0.2) is 42.5 Å². The molecule has 1 aliphatic rings. The van der Waals surface area contributed by atoms with Gasteiger partial charge in [-0.15, -0.1) is 0 Å². The van der Waals surface area contributed by atoms with Crippen LogP contribution in [0.5, 0.6) is 0 Å².